The first-order chi connectivity index (χ1) is 20.4. The van der Waals surface area contributed by atoms with Gasteiger partial charge >= 0.3 is 6.01 Å². The van der Waals surface area contributed by atoms with Crippen LogP contribution in [0.15, 0.2) is 47.8 Å². The third-order valence-electron chi connectivity index (χ3n) is 8.40. The lowest BCUT2D eigenvalue weighted by Crippen LogP contribution is -2.56. The number of hydrogen-bond acceptors (Lipinski definition) is 8. The predicted octanol–water partition coefficient (Wildman–Crippen LogP) is 4.62. The largest absolute Gasteiger partial charge is 0.462 e. The number of pyridine rings is 1. The van der Waals surface area contributed by atoms with Crippen molar-refractivity contribution in [2.24, 2.45) is 0 Å². The summed E-state index contributed by atoms with van der Waals surface area (Å²) < 4.78 is 20.0. The van der Waals surface area contributed by atoms with Crippen LogP contribution in [0, 0.1) is 6.57 Å². The summed E-state index contributed by atoms with van der Waals surface area (Å²) in [6.07, 6.45) is 6.33. The third-order valence-corrected chi connectivity index (χ3v) is 9.66. The van der Waals surface area contributed by atoms with Gasteiger partial charge in [-0.3, -0.25) is 9.78 Å². The van der Waals surface area contributed by atoms with Gasteiger partial charge in [-0.05, 0) is 62.2 Å². The Balaban J connectivity index is 1.38. The molecule has 5 heterocycles. The molecule has 11 heteroatoms. The molecule has 3 aromatic rings. The van der Waals surface area contributed by atoms with Crippen LogP contribution in [0.2, 0.25) is 0 Å². The number of aryl methyl sites for hydroxylation is 1. The zero-order valence-corrected chi connectivity index (χ0v) is 24.6. The monoisotopic (exact) mass is 587 g/mol. The van der Waals surface area contributed by atoms with Crippen molar-refractivity contribution in [3.05, 3.63) is 59.8 Å². The zero-order chi connectivity index (χ0) is 29.2. The van der Waals surface area contributed by atoms with Gasteiger partial charge in [-0.15, -0.1) is 11.8 Å². The number of halogens is 1. The maximum atomic E-state index is 13.8. The molecule has 0 unspecified atom stereocenters. The molecular formula is C31H34FN7O2S. The van der Waals surface area contributed by atoms with E-state index in [9.17, 15) is 9.18 Å². The molecule has 3 aliphatic heterocycles. The van der Waals surface area contributed by atoms with Crippen LogP contribution < -0.4 is 9.64 Å². The van der Waals surface area contributed by atoms with Crippen molar-refractivity contribution in [2.75, 3.05) is 57.0 Å². The van der Waals surface area contributed by atoms with E-state index in [2.05, 4.69) is 47.6 Å². The number of carbonyl (C=O) groups is 1. The Bertz CT molecular complexity index is 1560. The summed E-state index contributed by atoms with van der Waals surface area (Å²) in [7, 11) is 2.10. The maximum absolute atomic E-state index is 13.8. The lowest BCUT2D eigenvalue weighted by molar-refractivity contribution is -0.131. The smallest absolute Gasteiger partial charge is 0.319 e. The fourth-order valence-electron chi connectivity index (χ4n) is 6.12. The number of aromatic nitrogens is 3. The number of amides is 1. The van der Waals surface area contributed by atoms with Crippen molar-refractivity contribution in [3.63, 3.8) is 0 Å². The number of piperazine rings is 1. The molecule has 0 N–H and O–H groups in total. The summed E-state index contributed by atoms with van der Waals surface area (Å²) in [5.74, 6) is -0.103. The van der Waals surface area contributed by atoms with Gasteiger partial charge in [-0.1, -0.05) is 24.8 Å². The minimum absolute atomic E-state index is 0.0459. The second kappa shape index (κ2) is 12.2. The Hall–Kier alpha value is -3.75. The van der Waals surface area contributed by atoms with Crippen molar-refractivity contribution < 1.29 is 13.9 Å². The van der Waals surface area contributed by atoms with Gasteiger partial charge in [0.15, 0.2) is 11.6 Å². The summed E-state index contributed by atoms with van der Waals surface area (Å²) in [6, 6.07) is 8.57. The number of fused-ring (bicyclic) bond motifs is 2. The van der Waals surface area contributed by atoms with E-state index in [4.69, 9.17) is 26.3 Å². The molecular weight excluding hydrogens is 553 g/mol. The summed E-state index contributed by atoms with van der Waals surface area (Å²) in [4.78, 5) is 37.5. The highest BCUT2D eigenvalue weighted by Crippen LogP contribution is 2.39. The van der Waals surface area contributed by atoms with Crippen LogP contribution in [-0.4, -0.2) is 94.9 Å². The first-order valence-electron chi connectivity index (χ1n) is 14.4. The predicted molar refractivity (Wildman–Crippen MR) is 162 cm³/mol. The molecule has 42 heavy (non-hydrogen) atoms. The SMILES string of the molecule is [C-]#[N+]C[C@H]1CN(c2nc(OC[C@@H]3CCCN3C)nc3cc(-c4cccc5c4SCCC5)cnc23)CCN1C(=O)C(=C)F. The quantitative estimate of drug-likeness (QED) is 0.293. The number of carbonyl (C=O) groups excluding carboxylic acids is 1. The highest BCUT2D eigenvalue weighted by molar-refractivity contribution is 7.99. The number of thioether (sulfide) groups is 1. The lowest BCUT2D eigenvalue weighted by Gasteiger charge is -2.39. The molecule has 2 aromatic heterocycles. The first kappa shape index (κ1) is 28.4. The Morgan fingerprint density at radius 2 is 2.12 bits per heavy atom. The van der Waals surface area contributed by atoms with E-state index in [1.807, 2.05) is 22.9 Å². The maximum Gasteiger partial charge on any atom is 0.319 e. The highest BCUT2D eigenvalue weighted by atomic mass is 32.2. The third kappa shape index (κ3) is 5.65. The van der Waals surface area contributed by atoms with Gasteiger partial charge in [-0.25, -0.2) is 11.0 Å². The van der Waals surface area contributed by atoms with Crippen molar-refractivity contribution in [2.45, 2.75) is 42.7 Å². The molecule has 2 saturated heterocycles. The molecule has 9 nitrogen and oxygen atoms in total. The van der Waals surface area contributed by atoms with Crippen LogP contribution in [0.25, 0.3) is 27.0 Å². The van der Waals surface area contributed by atoms with Gasteiger partial charge in [0.1, 0.15) is 18.2 Å². The number of likely N-dealkylation sites (N-methyl/N-ethyl adjacent to an activating group) is 1. The molecule has 0 radical (unpaired) electrons. The van der Waals surface area contributed by atoms with E-state index < -0.39 is 17.8 Å². The van der Waals surface area contributed by atoms with E-state index in [0.717, 1.165) is 42.7 Å². The molecule has 0 saturated carbocycles. The second-order valence-electron chi connectivity index (χ2n) is 11.1. The molecule has 1 aromatic carbocycles. The van der Waals surface area contributed by atoms with Gasteiger partial charge in [0.2, 0.25) is 6.54 Å². The fourth-order valence-corrected chi connectivity index (χ4v) is 7.31. The molecule has 3 aliphatic rings. The Morgan fingerprint density at radius 1 is 1.24 bits per heavy atom. The van der Waals surface area contributed by atoms with E-state index in [1.54, 1.807) is 0 Å². The van der Waals surface area contributed by atoms with Crippen molar-refractivity contribution in [3.8, 4) is 17.1 Å². The van der Waals surface area contributed by atoms with Crippen molar-refractivity contribution >= 4 is 34.5 Å². The first-order valence-corrected chi connectivity index (χ1v) is 15.4. The van der Waals surface area contributed by atoms with Gasteiger partial charge in [0, 0.05) is 42.3 Å². The molecule has 0 spiro atoms. The molecule has 0 bridgehead atoms. The molecule has 1 amide bonds. The van der Waals surface area contributed by atoms with Crippen molar-refractivity contribution in [1.82, 2.24) is 24.8 Å². The molecule has 2 fully saturated rings. The normalized spacial score (nSPS) is 20.8. The van der Waals surface area contributed by atoms with Crippen LogP contribution >= 0.6 is 11.8 Å². The van der Waals surface area contributed by atoms with Gasteiger partial charge in [0.25, 0.3) is 5.91 Å². The van der Waals surface area contributed by atoms with Crippen LogP contribution in [0.3, 0.4) is 0 Å². The number of likely N-dealkylation sites (tertiary alicyclic amines) is 1. The Labute approximate surface area is 249 Å². The number of ether oxygens (including phenoxy) is 1. The summed E-state index contributed by atoms with van der Waals surface area (Å²) in [5, 5.41) is 0. The molecule has 0 aliphatic carbocycles. The average Bonchev–Trinajstić information content (AvgIpc) is 3.43. The zero-order valence-electron chi connectivity index (χ0n) is 23.8. The molecule has 2 atom stereocenters. The number of hydrogen-bond donors (Lipinski definition) is 0. The lowest BCUT2D eigenvalue weighted by atomic mass is 10.0. The average molecular weight is 588 g/mol. The number of benzene rings is 1. The highest BCUT2D eigenvalue weighted by Gasteiger charge is 2.35. The van der Waals surface area contributed by atoms with E-state index in [1.165, 1.54) is 21.8 Å². The minimum atomic E-state index is -1.02. The molecule has 6 rings (SSSR count). The second-order valence-corrected chi connectivity index (χ2v) is 12.2. The summed E-state index contributed by atoms with van der Waals surface area (Å²) in [6.45, 7) is 13.1. The standard InChI is InChI=1S/C31H34FN7O2S/c1-20(32)30(40)39-13-12-38(18-24(39)17-33-2)29-27-26(35-31(36-29)41-19-23-9-5-11-37(23)3)15-22(16-34-27)25-10-4-7-21-8-6-14-42-28(21)25/h4,7,10,15-16,23-24H,1,5-6,8-9,11-14,17-19H2,3H3/t23-,24-/m0/s1. The van der Waals surface area contributed by atoms with Crippen LogP contribution in [-0.2, 0) is 11.2 Å². The van der Waals surface area contributed by atoms with E-state index in [0.29, 0.717) is 42.6 Å². The van der Waals surface area contributed by atoms with E-state index >= 15 is 0 Å². The fraction of sp³-hybridized carbons (Fsp3) is 0.452. The van der Waals surface area contributed by atoms with Crippen molar-refractivity contribution in [1.29, 1.82) is 0 Å². The van der Waals surface area contributed by atoms with Crippen LogP contribution in [0.5, 0.6) is 6.01 Å². The topological polar surface area (TPSA) is 79.1 Å². The minimum Gasteiger partial charge on any atom is -0.462 e. The van der Waals surface area contributed by atoms with E-state index in [-0.39, 0.29) is 19.1 Å². The number of anilines is 1. The summed E-state index contributed by atoms with van der Waals surface area (Å²) in [5.41, 5.74) is 4.80. The summed E-state index contributed by atoms with van der Waals surface area (Å²) >= 11 is 1.89. The van der Waals surface area contributed by atoms with Gasteiger partial charge in [-0.2, -0.15) is 9.97 Å². The van der Waals surface area contributed by atoms with Gasteiger partial charge < -0.3 is 24.3 Å². The van der Waals surface area contributed by atoms with Crippen LogP contribution in [0.1, 0.15) is 24.8 Å². The number of nitrogens with zero attached hydrogens (tertiary/aromatic N) is 7. The van der Waals surface area contributed by atoms with Gasteiger partial charge in [0.05, 0.1) is 5.52 Å². The number of rotatable bonds is 7. The Kier molecular flexibility index (Phi) is 8.27. The van der Waals surface area contributed by atoms with Crippen LogP contribution in [0.4, 0.5) is 10.2 Å². The molecule has 218 valence electrons. The Morgan fingerprint density at radius 3 is 2.90 bits per heavy atom.